The van der Waals surface area contributed by atoms with E-state index >= 15 is 0 Å². The van der Waals surface area contributed by atoms with Gasteiger partial charge in [-0.2, -0.15) is 0 Å². The molecule has 0 spiro atoms. The first kappa shape index (κ1) is 8.15. The van der Waals surface area contributed by atoms with Crippen LogP contribution in [0.2, 0.25) is 0 Å². The molecule has 1 aromatic heterocycles. The molecule has 1 N–H and O–H groups in total. The minimum Gasteiger partial charge on any atom is -0.390 e. The van der Waals surface area contributed by atoms with E-state index in [1.54, 1.807) is 4.68 Å². The van der Waals surface area contributed by atoms with Crippen molar-refractivity contribution in [3.63, 3.8) is 0 Å². The van der Waals surface area contributed by atoms with Gasteiger partial charge in [-0.1, -0.05) is 5.21 Å². The first-order chi connectivity index (χ1) is 5.83. The van der Waals surface area contributed by atoms with Crippen molar-refractivity contribution in [3.05, 3.63) is 10.3 Å². The van der Waals surface area contributed by atoms with Gasteiger partial charge < -0.3 is 9.84 Å². The topological polar surface area (TPSA) is 60.2 Å². The quantitative estimate of drug-likeness (QED) is 0.788. The number of hydrogen-bond acceptors (Lipinski definition) is 4. The molecule has 5 nitrogen and oxygen atoms in total. The molecule has 2 rings (SSSR count). The molecule has 1 fully saturated rings. The summed E-state index contributed by atoms with van der Waals surface area (Å²) in [4.78, 5) is 0. The fourth-order valence-electron chi connectivity index (χ4n) is 1.01. The Bertz CT molecular complexity index is 284. The Morgan fingerprint density at radius 1 is 1.67 bits per heavy atom. The van der Waals surface area contributed by atoms with Crippen LogP contribution in [0.5, 0.6) is 0 Å². The molecule has 0 atom stereocenters. The third kappa shape index (κ3) is 1.16. The summed E-state index contributed by atoms with van der Waals surface area (Å²) in [5.74, 6) is 0. The zero-order valence-corrected chi connectivity index (χ0v) is 7.86. The first-order valence-corrected chi connectivity index (χ1v) is 4.40. The molecule has 0 aromatic carbocycles. The highest BCUT2D eigenvalue weighted by Gasteiger charge is 2.24. The summed E-state index contributed by atoms with van der Waals surface area (Å²) in [7, 11) is 0. The van der Waals surface area contributed by atoms with Crippen molar-refractivity contribution in [1.29, 1.82) is 0 Å². The second-order valence-electron chi connectivity index (χ2n) is 2.62. The summed E-state index contributed by atoms with van der Waals surface area (Å²) in [5, 5.41) is 16.5. The molecule has 0 radical (unpaired) electrons. The molecule has 1 aromatic rings. The van der Waals surface area contributed by atoms with Crippen molar-refractivity contribution in [2.45, 2.75) is 12.6 Å². The van der Waals surface area contributed by atoms with E-state index in [0.717, 1.165) is 4.60 Å². The summed E-state index contributed by atoms with van der Waals surface area (Å²) in [5.41, 5.74) is 0.571. The van der Waals surface area contributed by atoms with Crippen LogP contribution in [0.4, 0.5) is 0 Å². The highest BCUT2D eigenvalue weighted by molar-refractivity contribution is 9.10. The maximum Gasteiger partial charge on any atom is 0.130 e. The molecule has 66 valence electrons. The van der Waals surface area contributed by atoms with Crippen molar-refractivity contribution in [2.24, 2.45) is 0 Å². The number of aliphatic hydroxyl groups is 1. The monoisotopic (exact) mass is 233 g/mol. The number of aromatic nitrogens is 3. The van der Waals surface area contributed by atoms with Crippen molar-refractivity contribution in [3.8, 4) is 0 Å². The summed E-state index contributed by atoms with van der Waals surface area (Å²) >= 11 is 3.31. The van der Waals surface area contributed by atoms with E-state index < -0.39 is 0 Å². The van der Waals surface area contributed by atoms with Gasteiger partial charge in [0.2, 0.25) is 0 Å². The average Bonchev–Trinajstić information content (AvgIpc) is 2.30. The minimum absolute atomic E-state index is 0.0891. The molecule has 0 aliphatic carbocycles. The van der Waals surface area contributed by atoms with E-state index in [9.17, 15) is 0 Å². The van der Waals surface area contributed by atoms with Gasteiger partial charge in [0.05, 0.1) is 19.8 Å². The number of hydrogen-bond donors (Lipinski definition) is 1. The highest BCUT2D eigenvalue weighted by atomic mass is 79.9. The first-order valence-electron chi connectivity index (χ1n) is 3.61. The van der Waals surface area contributed by atoms with Crippen LogP contribution in [0.15, 0.2) is 4.60 Å². The smallest absolute Gasteiger partial charge is 0.130 e. The van der Waals surface area contributed by atoms with Gasteiger partial charge in [0.25, 0.3) is 0 Å². The summed E-state index contributed by atoms with van der Waals surface area (Å²) in [6.45, 7) is 1.26. The van der Waals surface area contributed by atoms with Gasteiger partial charge in [0.1, 0.15) is 16.3 Å². The van der Waals surface area contributed by atoms with Crippen molar-refractivity contribution in [2.75, 3.05) is 13.2 Å². The number of aliphatic hydroxyl groups excluding tert-OH is 1. The SMILES string of the molecule is OCc1nnn(C2COC2)c1Br. The van der Waals surface area contributed by atoms with Crippen LogP contribution in [0, 0.1) is 0 Å². The Labute approximate surface area is 77.5 Å². The minimum atomic E-state index is -0.0891. The lowest BCUT2D eigenvalue weighted by atomic mass is 10.3. The molecule has 12 heavy (non-hydrogen) atoms. The van der Waals surface area contributed by atoms with E-state index in [0.29, 0.717) is 18.9 Å². The lowest BCUT2D eigenvalue weighted by molar-refractivity contribution is -0.0304. The van der Waals surface area contributed by atoms with E-state index in [1.807, 2.05) is 0 Å². The molecule has 0 bridgehead atoms. The van der Waals surface area contributed by atoms with Crippen LogP contribution >= 0.6 is 15.9 Å². The predicted molar refractivity (Wildman–Crippen MR) is 43.5 cm³/mol. The van der Waals surface area contributed by atoms with Crippen LogP contribution in [-0.2, 0) is 11.3 Å². The average molecular weight is 234 g/mol. The molecular formula is C6H8BrN3O2. The third-order valence-corrected chi connectivity index (χ3v) is 2.64. The second-order valence-corrected chi connectivity index (χ2v) is 3.37. The number of ether oxygens (including phenoxy) is 1. The molecular weight excluding hydrogens is 226 g/mol. The van der Waals surface area contributed by atoms with Crippen LogP contribution < -0.4 is 0 Å². The Kier molecular flexibility index (Phi) is 2.12. The molecule has 6 heteroatoms. The maximum absolute atomic E-state index is 8.83. The van der Waals surface area contributed by atoms with Gasteiger partial charge in [0, 0.05) is 0 Å². The Morgan fingerprint density at radius 2 is 2.42 bits per heavy atom. The molecule has 0 amide bonds. The molecule has 2 heterocycles. The normalized spacial score (nSPS) is 17.8. The zero-order valence-electron chi connectivity index (χ0n) is 6.27. The van der Waals surface area contributed by atoms with Crippen molar-refractivity contribution < 1.29 is 9.84 Å². The number of halogens is 1. The Morgan fingerprint density at radius 3 is 2.83 bits per heavy atom. The lowest BCUT2D eigenvalue weighted by Gasteiger charge is -2.26. The van der Waals surface area contributed by atoms with Gasteiger partial charge in [-0.25, -0.2) is 4.68 Å². The largest absolute Gasteiger partial charge is 0.390 e. The standard InChI is InChI=1S/C6H8BrN3O2/c7-6-5(1-11)8-9-10(6)4-2-12-3-4/h4,11H,1-3H2. The molecule has 0 saturated carbocycles. The fraction of sp³-hybridized carbons (Fsp3) is 0.667. The lowest BCUT2D eigenvalue weighted by Crippen LogP contribution is -2.31. The molecule has 1 saturated heterocycles. The summed E-state index contributed by atoms with van der Waals surface area (Å²) in [6.07, 6.45) is 0. The molecule has 1 aliphatic rings. The van der Waals surface area contributed by atoms with Crippen LogP contribution in [0.25, 0.3) is 0 Å². The number of rotatable bonds is 2. The van der Waals surface area contributed by atoms with Crippen LogP contribution in [0.1, 0.15) is 11.7 Å². The third-order valence-electron chi connectivity index (χ3n) is 1.82. The van der Waals surface area contributed by atoms with Gasteiger partial charge >= 0.3 is 0 Å². The van der Waals surface area contributed by atoms with Gasteiger partial charge in [-0.15, -0.1) is 5.10 Å². The molecule has 0 unspecified atom stereocenters. The van der Waals surface area contributed by atoms with E-state index in [1.165, 1.54) is 0 Å². The second kappa shape index (κ2) is 3.12. The Balaban J connectivity index is 2.25. The van der Waals surface area contributed by atoms with Crippen LogP contribution in [-0.4, -0.2) is 33.3 Å². The van der Waals surface area contributed by atoms with Crippen molar-refractivity contribution in [1.82, 2.24) is 15.0 Å². The Hall–Kier alpha value is -0.460. The van der Waals surface area contributed by atoms with Gasteiger partial charge in [-0.05, 0) is 15.9 Å². The number of nitrogens with zero attached hydrogens (tertiary/aromatic N) is 3. The van der Waals surface area contributed by atoms with Gasteiger partial charge in [0.15, 0.2) is 0 Å². The van der Waals surface area contributed by atoms with Gasteiger partial charge in [-0.3, -0.25) is 0 Å². The van der Waals surface area contributed by atoms with Crippen LogP contribution in [0.3, 0.4) is 0 Å². The summed E-state index contributed by atoms with van der Waals surface area (Å²) in [6, 6.07) is 0.271. The predicted octanol–water partition coefficient (Wildman–Crippen LogP) is 0.104. The van der Waals surface area contributed by atoms with Crippen molar-refractivity contribution >= 4 is 15.9 Å². The van der Waals surface area contributed by atoms with E-state index in [4.69, 9.17) is 9.84 Å². The van der Waals surface area contributed by atoms with E-state index in [-0.39, 0.29) is 12.6 Å². The van der Waals surface area contributed by atoms with E-state index in [2.05, 4.69) is 26.2 Å². The molecule has 1 aliphatic heterocycles. The fourth-order valence-corrected chi connectivity index (χ4v) is 1.57. The zero-order chi connectivity index (χ0) is 8.55. The summed E-state index contributed by atoms with van der Waals surface area (Å²) < 4.78 is 7.49. The highest BCUT2D eigenvalue weighted by Crippen LogP contribution is 2.23. The maximum atomic E-state index is 8.83.